The van der Waals surface area contributed by atoms with E-state index in [2.05, 4.69) is 38.7 Å². The fourth-order valence-electron chi connectivity index (χ4n) is 6.01. The summed E-state index contributed by atoms with van der Waals surface area (Å²) in [4.78, 5) is 0. The Labute approximate surface area is 178 Å². The van der Waals surface area contributed by atoms with Crippen molar-refractivity contribution in [2.24, 2.45) is 17.3 Å². The number of aliphatic hydroxyl groups excluding tert-OH is 1. The summed E-state index contributed by atoms with van der Waals surface area (Å²) in [7, 11) is 0. The van der Waals surface area contributed by atoms with Gasteiger partial charge in [0.1, 0.15) is 0 Å². The van der Waals surface area contributed by atoms with Crippen LogP contribution in [0.5, 0.6) is 0 Å². The lowest BCUT2D eigenvalue weighted by atomic mass is 9.62. The Morgan fingerprint density at radius 3 is 2.79 bits per heavy atom. The molecule has 3 aliphatic carbocycles. The quantitative estimate of drug-likeness (QED) is 0.491. The highest BCUT2D eigenvalue weighted by molar-refractivity contribution is 5.38. The van der Waals surface area contributed by atoms with Crippen LogP contribution in [0, 0.1) is 17.3 Å². The monoisotopic (exact) mass is 398 g/mol. The van der Waals surface area contributed by atoms with Gasteiger partial charge in [0.05, 0.1) is 11.7 Å². The maximum absolute atomic E-state index is 10.0. The molecule has 0 aromatic rings. The Balaban J connectivity index is 1.69. The van der Waals surface area contributed by atoms with Gasteiger partial charge in [0.25, 0.3) is 0 Å². The Bertz CT molecular complexity index is 703. The average Bonchev–Trinajstić information content (AvgIpc) is 2.99. The number of allylic oxidation sites excluding steroid dienone is 6. The lowest BCUT2D eigenvalue weighted by Gasteiger charge is -2.42. The first-order valence-corrected chi connectivity index (χ1v) is 11.8. The van der Waals surface area contributed by atoms with Gasteiger partial charge in [-0.05, 0) is 94.5 Å². The zero-order chi connectivity index (χ0) is 21.2. The fourth-order valence-corrected chi connectivity index (χ4v) is 6.01. The molecule has 2 heteroatoms. The average molecular weight is 399 g/mol. The molecule has 0 bridgehead atoms. The van der Waals surface area contributed by atoms with Crippen molar-refractivity contribution in [3.05, 3.63) is 47.1 Å². The van der Waals surface area contributed by atoms with Crippen molar-refractivity contribution in [2.45, 2.75) is 104 Å². The van der Waals surface area contributed by atoms with Crippen LogP contribution in [0.4, 0.5) is 0 Å². The molecule has 2 nitrogen and oxygen atoms in total. The second-order valence-electron chi connectivity index (χ2n) is 10.8. The third-order valence-corrected chi connectivity index (χ3v) is 7.76. The highest BCUT2D eigenvalue weighted by Crippen LogP contribution is 2.57. The highest BCUT2D eigenvalue weighted by atomic mass is 16.3. The van der Waals surface area contributed by atoms with Gasteiger partial charge in [0.15, 0.2) is 0 Å². The zero-order valence-corrected chi connectivity index (χ0v) is 19.1. The van der Waals surface area contributed by atoms with E-state index >= 15 is 0 Å². The van der Waals surface area contributed by atoms with Crippen LogP contribution in [0.3, 0.4) is 0 Å². The van der Waals surface area contributed by atoms with Crippen molar-refractivity contribution in [3.63, 3.8) is 0 Å². The van der Waals surface area contributed by atoms with Gasteiger partial charge < -0.3 is 10.2 Å². The molecule has 2 N–H and O–H groups in total. The molecule has 0 radical (unpaired) electrons. The van der Waals surface area contributed by atoms with Crippen molar-refractivity contribution >= 4 is 0 Å². The van der Waals surface area contributed by atoms with E-state index in [9.17, 15) is 10.2 Å². The van der Waals surface area contributed by atoms with E-state index < -0.39 is 5.60 Å². The van der Waals surface area contributed by atoms with E-state index in [0.29, 0.717) is 17.3 Å². The van der Waals surface area contributed by atoms with Gasteiger partial charge >= 0.3 is 0 Å². The van der Waals surface area contributed by atoms with E-state index in [4.69, 9.17) is 0 Å². The van der Waals surface area contributed by atoms with Crippen LogP contribution in [-0.2, 0) is 0 Å². The first-order valence-electron chi connectivity index (χ1n) is 11.8. The van der Waals surface area contributed by atoms with Gasteiger partial charge in [0, 0.05) is 0 Å². The Morgan fingerprint density at radius 1 is 1.31 bits per heavy atom. The maximum Gasteiger partial charge on any atom is 0.0591 e. The minimum Gasteiger partial charge on any atom is -0.393 e. The summed E-state index contributed by atoms with van der Waals surface area (Å²) in [6.07, 6.45) is 17.5. The molecular formula is C27H42O2. The van der Waals surface area contributed by atoms with E-state index in [1.165, 1.54) is 43.3 Å². The molecule has 162 valence electrons. The Kier molecular flexibility index (Phi) is 6.95. The zero-order valence-electron chi connectivity index (χ0n) is 19.1. The normalized spacial score (nSPS) is 34.4. The largest absolute Gasteiger partial charge is 0.393 e. The molecule has 0 aromatic carbocycles. The fraction of sp³-hybridized carbons (Fsp3) is 0.704. The molecule has 0 aromatic heterocycles. The second-order valence-corrected chi connectivity index (χ2v) is 10.8. The van der Waals surface area contributed by atoms with Crippen molar-refractivity contribution in [3.8, 4) is 0 Å². The van der Waals surface area contributed by atoms with Gasteiger partial charge in [-0.2, -0.15) is 0 Å². The van der Waals surface area contributed by atoms with Crippen LogP contribution in [-0.4, -0.2) is 21.9 Å². The number of aliphatic hydroxyl groups is 2. The minimum atomic E-state index is -0.554. The number of hydrogen-bond donors (Lipinski definition) is 2. The summed E-state index contributed by atoms with van der Waals surface area (Å²) in [5.41, 5.74) is 5.44. The summed E-state index contributed by atoms with van der Waals surface area (Å²) in [5.74, 6) is 1.22. The predicted molar refractivity (Wildman–Crippen MR) is 123 cm³/mol. The molecule has 3 aliphatic rings. The molecule has 0 amide bonds. The topological polar surface area (TPSA) is 40.5 Å². The molecule has 0 unspecified atom stereocenters. The van der Waals surface area contributed by atoms with Gasteiger partial charge in [0.2, 0.25) is 0 Å². The number of rotatable bonds is 6. The summed E-state index contributed by atoms with van der Waals surface area (Å²) < 4.78 is 0. The molecule has 2 fully saturated rings. The summed E-state index contributed by atoms with van der Waals surface area (Å²) in [6, 6.07) is 0. The van der Waals surface area contributed by atoms with Crippen LogP contribution in [0.25, 0.3) is 0 Å². The third kappa shape index (κ3) is 5.33. The molecule has 4 atom stereocenters. The predicted octanol–water partition coefficient (Wildman–Crippen LogP) is 6.65. The minimum absolute atomic E-state index is 0.203. The van der Waals surface area contributed by atoms with Crippen molar-refractivity contribution in [2.75, 3.05) is 0 Å². The first kappa shape index (κ1) is 22.6. The van der Waals surface area contributed by atoms with E-state index in [-0.39, 0.29) is 6.10 Å². The smallest absolute Gasteiger partial charge is 0.0591 e. The molecule has 0 spiro atoms. The molecule has 3 rings (SSSR count). The van der Waals surface area contributed by atoms with Crippen LogP contribution in [0.2, 0.25) is 0 Å². The third-order valence-electron chi connectivity index (χ3n) is 7.76. The molecule has 0 saturated heterocycles. The maximum atomic E-state index is 10.0. The van der Waals surface area contributed by atoms with Gasteiger partial charge in [-0.1, -0.05) is 61.8 Å². The van der Waals surface area contributed by atoms with Gasteiger partial charge in [-0.15, -0.1) is 0 Å². The summed E-state index contributed by atoms with van der Waals surface area (Å²) >= 11 is 0. The lowest BCUT2D eigenvalue weighted by Crippen LogP contribution is -2.32. The molecule has 29 heavy (non-hydrogen) atoms. The van der Waals surface area contributed by atoms with E-state index in [1.807, 2.05) is 13.8 Å². The number of hydrogen-bond acceptors (Lipinski definition) is 2. The first-order chi connectivity index (χ1) is 13.6. The summed E-state index contributed by atoms with van der Waals surface area (Å²) in [6.45, 7) is 12.9. The second kappa shape index (κ2) is 8.94. The molecule has 0 heterocycles. The van der Waals surface area contributed by atoms with Crippen LogP contribution >= 0.6 is 0 Å². The van der Waals surface area contributed by atoms with Gasteiger partial charge in [-0.3, -0.25) is 0 Å². The Morgan fingerprint density at radius 2 is 2.07 bits per heavy atom. The van der Waals surface area contributed by atoms with E-state index in [0.717, 1.165) is 32.1 Å². The van der Waals surface area contributed by atoms with Gasteiger partial charge in [-0.25, -0.2) is 0 Å². The van der Waals surface area contributed by atoms with Crippen molar-refractivity contribution in [1.82, 2.24) is 0 Å². The molecule has 0 aliphatic heterocycles. The Hall–Kier alpha value is -1.12. The van der Waals surface area contributed by atoms with Crippen molar-refractivity contribution in [1.29, 1.82) is 0 Å². The molecular weight excluding hydrogens is 356 g/mol. The van der Waals surface area contributed by atoms with E-state index in [1.54, 1.807) is 11.1 Å². The SMILES string of the molecule is C=C1CC[C@H](O)C/C1=C\C=C1/CCC[C@]2(C)C([C@H](C)CCCC(C)(C)O)=CC[C@@H]12. The van der Waals surface area contributed by atoms with Crippen LogP contribution in [0.15, 0.2) is 47.1 Å². The highest BCUT2D eigenvalue weighted by Gasteiger charge is 2.45. The van der Waals surface area contributed by atoms with Crippen LogP contribution in [0.1, 0.15) is 91.9 Å². The molecule has 2 saturated carbocycles. The standard InChI is InChI=1S/C27H42O2/c1-19-10-13-23(28)18-22(19)12-11-21-9-7-17-27(5)24(14-15-25(21)27)20(2)8-6-16-26(3,4)29/h11-12,14,20,23,25,28-29H,1,6-10,13,15-18H2,2-5H3/b21-11+,22-12+/t20-,23+,25+,27-/m1/s1. The number of fused-ring (bicyclic) bond motifs is 1. The summed E-state index contributed by atoms with van der Waals surface area (Å²) in [5, 5.41) is 20.0. The van der Waals surface area contributed by atoms with Crippen molar-refractivity contribution < 1.29 is 10.2 Å². The van der Waals surface area contributed by atoms with Crippen LogP contribution < -0.4 is 0 Å². The lowest BCUT2D eigenvalue weighted by molar-refractivity contribution is 0.0670.